The van der Waals surface area contributed by atoms with E-state index in [1.165, 1.54) is 0 Å². The first kappa shape index (κ1) is 7.02. The molecule has 7 nitrogen and oxygen atoms in total. The van der Waals surface area contributed by atoms with Crippen LogP contribution in [0.3, 0.4) is 0 Å². The molecule has 2 N–H and O–H groups in total. The number of hydrogen-bond donors (Lipinski definition) is 2. The Morgan fingerprint density at radius 1 is 1.75 bits per heavy atom. The number of nitrogens with zero attached hydrogens (tertiary/aromatic N) is 2. The largest absolute Gasteiger partial charge is 0.471 e. The Morgan fingerprint density at radius 2 is 2.25 bits per heavy atom. The van der Waals surface area contributed by atoms with E-state index in [1.807, 2.05) is 0 Å². The van der Waals surface area contributed by atoms with Crippen LogP contribution in [0.25, 0.3) is 0 Å². The van der Waals surface area contributed by atoms with Crippen molar-refractivity contribution in [3.63, 3.8) is 0 Å². The van der Waals surface area contributed by atoms with Gasteiger partial charge in [-0.15, -0.1) is 0 Å². The SMILES string of the molecule is N=[N+]=NOS(=O)(=O)O. The predicted molar refractivity (Wildman–Crippen MR) is 19.9 cm³/mol. The fourth-order valence-corrected chi connectivity index (χ4v) is 0.176. The first-order valence-electron chi connectivity index (χ1n) is 1.29. The lowest BCUT2D eigenvalue weighted by atomic mass is 12.9. The average molecular weight is 140 g/mol. The summed E-state index contributed by atoms with van der Waals surface area (Å²) in [5.74, 6) is 0. The fraction of sp³-hybridized carbons (Fsp3) is 0. The van der Waals surface area contributed by atoms with Crippen LogP contribution in [0.2, 0.25) is 0 Å². The van der Waals surface area contributed by atoms with Crippen molar-refractivity contribution in [3.05, 3.63) is 0 Å². The van der Waals surface area contributed by atoms with Gasteiger partial charge in [0, 0.05) is 0 Å². The first-order valence-corrected chi connectivity index (χ1v) is 2.65. The molecule has 0 bridgehead atoms. The molecule has 0 aliphatic rings. The Balaban J connectivity index is 3.94. The lowest BCUT2D eigenvalue weighted by Crippen LogP contribution is -1.96. The van der Waals surface area contributed by atoms with Gasteiger partial charge in [-0.25, -0.2) is 0 Å². The van der Waals surface area contributed by atoms with Gasteiger partial charge in [0.15, 0.2) is 0 Å². The second-order valence-electron chi connectivity index (χ2n) is 0.684. The van der Waals surface area contributed by atoms with Gasteiger partial charge in [-0.05, 0) is 0 Å². The summed E-state index contributed by atoms with van der Waals surface area (Å²) in [5.41, 5.74) is 5.84. The molecule has 0 heterocycles. The van der Waals surface area contributed by atoms with E-state index < -0.39 is 10.4 Å². The van der Waals surface area contributed by atoms with Crippen molar-refractivity contribution >= 4 is 10.4 Å². The summed E-state index contributed by atoms with van der Waals surface area (Å²) >= 11 is 0. The van der Waals surface area contributed by atoms with Gasteiger partial charge in [0.2, 0.25) is 0 Å². The summed E-state index contributed by atoms with van der Waals surface area (Å²) in [4.78, 5) is 2.13. The molecule has 0 amide bonds. The van der Waals surface area contributed by atoms with Gasteiger partial charge in [0.1, 0.15) is 5.53 Å². The molecule has 0 saturated carbocycles. The van der Waals surface area contributed by atoms with Crippen LogP contribution in [-0.2, 0) is 14.7 Å². The standard InChI is InChI=1S/HN3O4S/c1-2-3-7-8(4,5)6/h1H/p+1. The van der Waals surface area contributed by atoms with E-state index in [-0.39, 0.29) is 0 Å². The van der Waals surface area contributed by atoms with E-state index >= 15 is 0 Å². The van der Waals surface area contributed by atoms with Crippen LogP contribution in [0.4, 0.5) is 0 Å². The van der Waals surface area contributed by atoms with E-state index in [2.05, 4.69) is 14.5 Å². The van der Waals surface area contributed by atoms with Gasteiger partial charge in [0.05, 0.1) is 0 Å². The van der Waals surface area contributed by atoms with E-state index in [9.17, 15) is 8.42 Å². The molecule has 0 fully saturated rings. The van der Waals surface area contributed by atoms with Crippen molar-refractivity contribution in [2.75, 3.05) is 0 Å². The zero-order chi connectivity index (χ0) is 6.62. The highest BCUT2D eigenvalue weighted by Gasteiger charge is 2.04. The molecule has 0 aromatic rings. The lowest BCUT2D eigenvalue weighted by molar-refractivity contribution is 0.256. The quantitative estimate of drug-likeness (QED) is 0.228. The van der Waals surface area contributed by atoms with Crippen molar-refractivity contribution in [3.8, 4) is 0 Å². The van der Waals surface area contributed by atoms with Crippen molar-refractivity contribution < 1.29 is 17.3 Å². The highest BCUT2D eigenvalue weighted by molar-refractivity contribution is 7.80. The molecule has 0 aliphatic heterocycles. The maximum atomic E-state index is 9.49. The fourth-order valence-electron chi connectivity index (χ4n) is 0.0588. The zero-order valence-corrected chi connectivity index (χ0v) is 4.29. The molecule has 0 rings (SSSR count). The maximum absolute atomic E-state index is 9.49. The molecule has 0 unspecified atom stereocenters. The Bertz CT molecular complexity index is 195. The molecule has 46 valence electrons. The van der Waals surface area contributed by atoms with Gasteiger partial charge in [-0.3, -0.25) is 4.55 Å². The van der Waals surface area contributed by atoms with Crippen molar-refractivity contribution in [1.82, 2.24) is 4.91 Å². The van der Waals surface area contributed by atoms with Crippen LogP contribution in [0.1, 0.15) is 0 Å². The average Bonchev–Trinajstić information content (AvgIpc) is 1.59. The number of hydrogen-bond acceptors (Lipinski definition) is 5. The Hall–Kier alpha value is -0.980. The summed E-state index contributed by atoms with van der Waals surface area (Å²) in [6, 6.07) is 0. The summed E-state index contributed by atoms with van der Waals surface area (Å²) in [5, 5.41) is 2.20. The monoisotopic (exact) mass is 140 g/mol. The Kier molecular flexibility index (Phi) is 2.07. The van der Waals surface area contributed by atoms with Crippen LogP contribution in [0, 0.1) is 5.53 Å². The molecule has 8 heavy (non-hydrogen) atoms. The highest BCUT2D eigenvalue weighted by atomic mass is 32.3. The third kappa shape index (κ3) is 5.02. The molecule has 8 heteroatoms. The minimum atomic E-state index is -4.57. The van der Waals surface area contributed by atoms with Gasteiger partial charge in [0.25, 0.3) is 4.91 Å². The van der Waals surface area contributed by atoms with Crippen molar-refractivity contribution in [2.24, 2.45) is 5.28 Å². The van der Waals surface area contributed by atoms with Crippen molar-refractivity contribution in [1.29, 1.82) is 5.53 Å². The molecule has 0 saturated heterocycles. The van der Waals surface area contributed by atoms with E-state index in [0.29, 0.717) is 0 Å². The van der Waals surface area contributed by atoms with Crippen LogP contribution >= 0.6 is 0 Å². The van der Waals surface area contributed by atoms with Crippen LogP contribution in [0.15, 0.2) is 5.28 Å². The Morgan fingerprint density at radius 3 is 2.38 bits per heavy atom. The number of rotatable bonds is 2. The topological polar surface area (TPSA) is 114 Å². The second-order valence-corrected chi connectivity index (χ2v) is 1.69. The minimum Gasteiger partial charge on any atom is -0.253 e. The van der Waals surface area contributed by atoms with E-state index in [1.54, 1.807) is 0 Å². The molecular formula is H2N3O4S+. The summed E-state index contributed by atoms with van der Waals surface area (Å²) < 4.78 is 29.8. The van der Waals surface area contributed by atoms with Crippen LogP contribution < -0.4 is 4.91 Å². The molecular weight excluding hydrogens is 138 g/mol. The summed E-state index contributed by atoms with van der Waals surface area (Å²) in [6.45, 7) is 0. The normalized spacial score (nSPS) is 9.62. The zero-order valence-electron chi connectivity index (χ0n) is 3.47. The van der Waals surface area contributed by atoms with Crippen LogP contribution in [0.5, 0.6) is 0 Å². The van der Waals surface area contributed by atoms with E-state index in [4.69, 9.17) is 10.1 Å². The summed E-state index contributed by atoms with van der Waals surface area (Å²) in [6.07, 6.45) is 0. The van der Waals surface area contributed by atoms with Gasteiger partial charge in [-0.1, -0.05) is 0 Å². The lowest BCUT2D eigenvalue weighted by Gasteiger charge is -1.76. The van der Waals surface area contributed by atoms with E-state index in [0.717, 1.165) is 0 Å². The van der Waals surface area contributed by atoms with Gasteiger partial charge < -0.3 is 0 Å². The van der Waals surface area contributed by atoms with Gasteiger partial charge in [-0.2, -0.15) is 12.7 Å². The minimum absolute atomic E-state index is 2.13. The maximum Gasteiger partial charge on any atom is 0.471 e. The molecule has 0 aliphatic carbocycles. The van der Waals surface area contributed by atoms with Crippen LogP contribution in [-0.4, -0.2) is 13.0 Å². The summed E-state index contributed by atoms with van der Waals surface area (Å²) in [7, 11) is -4.57. The predicted octanol–water partition coefficient (Wildman–Crippen LogP) is -0.729. The molecule has 0 spiro atoms. The van der Waals surface area contributed by atoms with Crippen molar-refractivity contribution in [2.45, 2.75) is 0 Å². The molecule has 0 radical (unpaired) electrons. The second kappa shape index (κ2) is 2.36. The third-order valence-electron chi connectivity index (χ3n) is 0.168. The first-order chi connectivity index (χ1) is 3.56. The molecule has 0 aromatic carbocycles. The molecule has 0 atom stereocenters. The Labute approximate surface area is 44.4 Å². The smallest absolute Gasteiger partial charge is 0.253 e. The number of nitrogens with one attached hydrogen (secondary N) is 1. The molecule has 0 aromatic heterocycles. The van der Waals surface area contributed by atoms with Gasteiger partial charge >= 0.3 is 15.7 Å². The highest BCUT2D eigenvalue weighted by Crippen LogP contribution is 1.81. The third-order valence-corrected chi connectivity index (χ3v) is 0.423.